The van der Waals surface area contributed by atoms with Gasteiger partial charge in [-0.15, -0.1) is 11.3 Å². The molecule has 0 radical (unpaired) electrons. The Morgan fingerprint density at radius 2 is 1.50 bits per heavy atom. The molecule has 36 heavy (non-hydrogen) atoms. The molecule has 4 aromatic rings. The Balaban J connectivity index is 1.43. The normalized spacial score (nSPS) is 13.7. The summed E-state index contributed by atoms with van der Waals surface area (Å²) in [4.78, 5) is 30.8. The van der Waals surface area contributed by atoms with Crippen LogP contribution in [-0.2, 0) is 4.79 Å². The highest BCUT2D eigenvalue weighted by Crippen LogP contribution is 2.41. The fourth-order valence-electron chi connectivity index (χ4n) is 4.53. The van der Waals surface area contributed by atoms with Crippen LogP contribution in [0.15, 0.2) is 78.9 Å². The van der Waals surface area contributed by atoms with Gasteiger partial charge in [0.05, 0.1) is 0 Å². The minimum absolute atomic E-state index is 0.00339. The third-order valence-electron chi connectivity index (χ3n) is 6.46. The molecular formula is C29H26N2O4S. The van der Waals surface area contributed by atoms with Crippen LogP contribution in [0.3, 0.4) is 0 Å². The molecule has 2 heterocycles. The van der Waals surface area contributed by atoms with Gasteiger partial charge in [0, 0.05) is 63.5 Å². The molecule has 7 heteroatoms. The van der Waals surface area contributed by atoms with Gasteiger partial charge in [-0.25, -0.2) is 0 Å². The average molecular weight is 499 g/mol. The summed E-state index contributed by atoms with van der Waals surface area (Å²) in [5, 5.41) is 20.5. The number of anilines is 1. The second-order valence-electron chi connectivity index (χ2n) is 8.97. The molecule has 0 atom stereocenters. The number of aromatic hydroxyl groups is 2. The lowest BCUT2D eigenvalue weighted by molar-refractivity contribution is -0.127. The predicted octanol–water partition coefficient (Wildman–Crippen LogP) is 5.44. The number of benzene rings is 3. The second-order valence-corrected chi connectivity index (χ2v) is 10.0. The van der Waals surface area contributed by atoms with E-state index in [9.17, 15) is 19.8 Å². The highest BCUT2D eigenvalue weighted by atomic mass is 32.1. The summed E-state index contributed by atoms with van der Waals surface area (Å²) in [5.41, 5.74) is 3.54. The zero-order valence-electron chi connectivity index (χ0n) is 19.9. The summed E-state index contributed by atoms with van der Waals surface area (Å²) in [5.74, 6) is 0.204. The van der Waals surface area contributed by atoms with Crippen molar-refractivity contribution in [2.24, 2.45) is 0 Å². The monoisotopic (exact) mass is 498 g/mol. The number of piperazine rings is 1. The number of phenols is 2. The average Bonchev–Trinajstić information content (AvgIpc) is 3.26. The summed E-state index contributed by atoms with van der Waals surface area (Å²) in [7, 11) is 0. The number of carbonyl (C=O) groups is 2. The minimum Gasteiger partial charge on any atom is -0.508 e. The van der Waals surface area contributed by atoms with Gasteiger partial charge in [-0.2, -0.15) is 0 Å². The first-order valence-corrected chi connectivity index (χ1v) is 12.5. The van der Waals surface area contributed by atoms with Gasteiger partial charge in [0.2, 0.25) is 5.91 Å². The minimum atomic E-state index is -0.0987. The van der Waals surface area contributed by atoms with E-state index in [-0.39, 0.29) is 23.2 Å². The zero-order valence-corrected chi connectivity index (χ0v) is 20.7. The molecule has 1 amide bonds. The smallest absolute Gasteiger partial charge is 0.249 e. The number of carbonyl (C=O) groups excluding carboxylic acids is 2. The van der Waals surface area contributed by atoms with Gasteiger partial charge in [-0.1, -0.05) is 6.58 Å². The van der Waals surface area contributed by atoms with E-state index >= 15 is 0 Å². The molecule has 0 bridgehead atoms. The van der Waals surface area contributed by atoms with Crippen molar-refractivity contribution in [2.75, 3.05) is 31.1 Å². The standard InChI is InChI=1S/C29H26N2O4S/c1-18(2)29(35)31-15-13-30(14-16-31)21-7-3-19(4-8-21)27(34)26-24-12-11-23(33)17-25(24)36-28(26)20-5-9-22(32)10-6-20/h3-12,17,32-33H,1,13-16H2,2H3. The van der Waals surface area contributed by atoms with Gasteiger partial charge in [0.25, 0.3) is 0 Å². The lowest BCUT2D eigenvalue weighted by Crippen LogP contribution is -2.49. The maximum absolute atomic E-state index is 13.8. The summed E-state index contributed by atoms with van der Waals surface area (Å²) >= 11 is 1.44. The molecule has 182 valence electrons. The molecule has 5 rings (SSSR count). The van der Waals surface area contributed by atoms with E-state index in [1.54, 1.807) is 49.4 Å². The van der Waals surface area contributed by atoms with Crippen LogP contribution in [0, 0.1) is 0 Å². The molecule has 0 unspecified atom stereocenters. The Kier molecular flexibility index (Phi) is 6.24. The first kappa shape index (κ1) is 23.6. The first-order valence-electron chi connectivity index (χ1n) is 11.7. The molecule has 1 aliphatic rings. The quantitative estimate of drug-likeness (QED) is 0.283. The Hall–Kier alpha value is -4.10. The molecule has 2 N–H and O–H groups in total. The van der Waals surface area contributed by atoms with Crippen LogP contribution in [-0.4, -0.2) is 53.0 Å². The van der Waals surface area contributed by atoms with E-state index in [0.29, 0.717) is 29.8 Å². The number of rotatable bonds is 5. The number of hydrogen-bond acceptors (Lipinski definition) is 6. The number of phenolic OH excluding ortho intramolecular Hbond substituents is 2. The van der Waals surface area contributed by atoms with Gasteiger partial charge >= 0.3 is 0 Å². The summed E-state index contributed by atoms with van der Waals surface area (Å²) in [6, 6.07) is 19.4. The maximum atomic E-state index is 13.8. The zero-order chi connectivity index (χ0) is 25.4. The highest BCUT2D eigenvalue weighted by Gasteiger charge is 2.24. The van der Waals surface area contributed by atoms with Crippen molar-refractivity contribution < 1.29 is 19.8 Å². The largest absolute Gasteiger partial charge is 0.508 e. The van der Waals surface area contributed by atoms with E-state index in [4.69, 9.17) is 0 Å². The molecule has 1 aliphatic heterocycles. The topological polar surface area (TPSA) is 81.1 Å². The molecular weight excluding hydrogens is 472 g/mol. The Morgan fingerprint density at radius 3 is 2.14 bits per heavy atom. The number of nitrogens with zero attached hydrogens (tertiary/aromatic N) is 2. The van der Waals surface area contributed by atoms with Crippen LogP contribution in [0.1, 0.15) is 22.8 Å². The van der Waals surface area contributed by atoms with Crippen LogP contribution in [0.2, 0.25) is 0 Å². The lowest BCUT2D eigenvalue weighted by atomic mass is 9.97. The SMILES string of the molecule is C=C(C)C(=O)N1CCN(c2ccc(C(=O)c3c(-c4ccc(O)cc4)sc4cc(O)ccc34)cc2)CC1. The molecule has 0 spiro atoms. The van der Waals surface area contributed by atoms with Crippen LogP contribution < -0.4 is 4.90 Å². The second kappa shape index (κ2) is 9.51. The predicted molar refractivity (Wildman–Crippen MR) is 144 cm³/mol. The number of thiophene rings is 1. The Morgan fingerprint density at radius 1 is 0.861 bits per heavy atom. The summed E-state index contributed by atoms with van der Waals surface area (Å²) in [6.07, 6.45) is 0. The van der Waals surface area contributed by atoms with E-state index in [2.05, 4.69) is 11.5 Å². The van der Waals surface area contributed by atoms with Crippen LogP contribution in [0.4, 0.5) is 5.69 Å². The molecule has 0 saturated carbocycles. The van der Waals surface area contributed by atoms with Gasteiger partial charge in [0.1, 0.15) is 11.5 Å². The molecule has 1 aromatic heterocycles. The van der Waals surface area contributed by atoms with E-state index in [1.165, 1.54) is 11.3 Å². The number of fused-ring (bicyclic) bond motifs is 1. The van der Waals surface area contributed by atoms with E-state index in [1.807, 2.05) is 29.2 Å². The van der Waals surface area contributed by atoms with Crippen LogP contribution in [0.25, 0.3) is 20.5 Å². The van der Waals surface area contributed by atoms with Crippen molar-refractivity contribution in [1.29, 1.82) is 0 Å². The van der Waals surface area contributed by atoms with Crippen molar-refractivity contribution in [3.63, 3.8) is 0 Å². The van der Waals surface area contributed by atoms with Crippen LogP contribution in [0.5, 0.6) is 11.5 Å². The molecule has 1 saturated heterocycles. The van der Waals surface area contributed by atoms with Gasteiger partial charge in [-0.05, 0) is 79.2 Å². The first-order chi connectivity index (χ1) is 17.3. The number of ketones is 1. The highest BCUT2D eigenvalue weighted by molar-refractivity contribution is 7.22. The lowest BCUT2D eigenvalue weighted by Gasteiger charge is -2.36. The van der Waals surface area contributed by atoms with Crippen molar-refractivity contribution >= 4 is 38.8 Å². The van der Waals surface area contributed by atoms with Gasteiger partial charge in [-0.3, -0.25) is 9.59 Å². The fourth-order valence-corrected chi connectivity index (χ4v) is 5.77. The van der Waals surface area contributed by atoms with Crippen molar-refractivity contribution in [3.05, 3.63) is 90.0 Å². The Bertz CT molecular complexity index is 1460. The van der Waals surface area contributed by atoms with Gasteiger partial charge in [0.15, 0.2) is 5.78 Å². The third-order valence-corrected chi connectivity index (χ3v) is 7.66. The summed E-state index contributed by atoms with van der Waals surface area (Å²) < 4.78 is 0.820. The molecule has 0 aliphatic carbocycles. The molecule has 6 nitrogen and oxygen atoms in total. The summed E-state index contributed by atoms with van der Waals surface area (Å²) in [6.45, 7) is 8.19. The fraction of sp³-hybridized carbons (Fsp3) is 0.172. The molecule has 3 aromatic carbocycles. The van der Waals surface area contributed by atoms with Crippen LogP contribution >= 0.6 is 11.3 Å². The maximum Gasteiger partial charge on any atom is 0.249 e. The van der Waals surface area contributed by atoms with E-state index in [0.717, 1.165) is 39.3 Å². The number of amides is 1. The van der Waals surface area contributed by atoms with Crippen molar-refractivity contribution in [2.45, 2.75) is 6.92 Å². The van der Waals surface area contributed by atoms with Crippen molar-refractivity contribution in [1.82, 2.24) is 4.90 Å². The van der Waals surface area contributed by atoms with Gasteiger partial charge < -0.3 is 20.0 Å². The Labute approximate surface area is 213 Å². The van der Waals surface area contributed by atoms with E-state index < -0.39 is 0 Å². The number of hydrogen-bond donors (Lipinski definition) is 2. The van der Waals surface area contributed by atoms with Crippen molar-refractivity contribution in [3.8, 4) is 21.9 Å². The third kappa shape index (κ3) is 4.45. The molecule has 1 fully saturated rings.